The molecule has 0 bridgehead atoms. The first kappa shape index (κ1) is 11.1. The number of imidazole rings is 1. The maximum Gasteiger partial charge on any atom is 0.127 e. The van der Waals surface area contributed by atoms with Crippen molar-refractivity contribution in [2.75, 3.05) is 6.54 Å². The zero-order valence-electron chi connectivity index (χ0n) is 9.17. The number of hydrogen-bond donors (Lipinski definition) is 1. The lowest BCUT2D eigenvalue weighted by Gasteiger charge is -2.27. The van der Waals surface area contributed by atoms with E-state index < -0.39 is 0 Å². The summed E-state index contributed by atoms with van der Waals surface area (Å²) in [7, 11) is 0. The monoisotopic (exact) mass is 271 g/mol. The Morgan fingerprint density at radius 3 is 3.07 bits per heavy atom. The van der Waals surface area contributed by atoms with Gasteiger partial charge in [-0.25, -0.2) is 4.98 Å². The molecule has 2 N–H and O–H groups in total. The molecule has 84 valence electrons. The molecule has 0 aromatic carbocycles. The van der Waals surface area contributed by atoms with Gasteiger partial charge in [0.15, 0.2) is 0 Å². The third-order valence-corrected chi connectivity index (χ3v) is 3.80. The Labute approximate surface area is 99.2 Å². The summed E-state index contributed by atoms with van der Waals surface area (Å²) in [4.78, 5) is 4.58. The van der Waals surface area contributed by atoms with Crippen LogP contribution in [0, 0.1) is 0 Å². The number of rotatable bonds is 3. The van der Waals surface area contributed by atoms with Gasteiger partial charge in [0.2, 0.25) is 0 Å². The normalized spacial score (nSPS) is 20.3. The predicted molar refractivity (Wildman–Crippen MR) is 65.0 cm³/mol. The lowest BCUT2D eigenvalue weighted by molar-refractivity contribution is 0.373. The molecule has 0 aliphatic carbocycles. The summed E-state index contributed by atoms with van der Waals surface area (Å²) in [5, 5.41) is 0. The predicted octanol–water partition coefficient (Wildman–Crippen LogP) is 2.43. The Balaban J connectivity index is 2.39. The highest BCUT2D eigenvalue weighted by Crippen LogP contribution is 2.33. The first-order chi connectivity index (χ1) is 7.27. The Bertz CT molecular complexity index is 346. The standard InChI is InChI=1S/C11H18BrN3/c1-2-10-14-11(12)9-5-3-4-8(6-7-13)15(9)10/h8H,2-7,13H2,1H3. The molecule has 1 aliphatic heterocycles. The molecule has 1 aromatic rings. The van der Waals surface area contributed by atoms with E-state index in [0.717, 1.165) is 30.4 Å². The van der Waals surface area contributed by atoms with Gasteiger partial charge < -0.3 is 10.3 Å². The van der Waals surface area contributed by atoms with Crippen molar-refractivity contribution in [1.82, 2.24) is 9.55 Å². The number of aromatic nitrogens is 2. The Kier molecular flexibility index (Phi) is 3.46. The van der Waals surface area contributed by atoms with Gasteiger partial charge in [0.1, 0.15) is 10.4 Å². The summed E-state index contributed by atoms with van der Waals surface area (Å²) in [6.45, 7) is 2.93. The van der Waals surface area contributed by atoms with Crippen molar-refractivity contribution >= 4 is 15.9 Å². The minimum atomic E-state index is 0.576. The van der Waals surface area contributed by atoms with Gasteiger partial charge in [-0.1, -0.05) is 6.92 Å². The molecule has 0 saturated heterocycles. The van der Waals surface area contributed by atoms with Crippen LogP contribution in [0.2, 0.25) is 0 Å². The van der Waals surface area contributed by atoms with Crippen LogP contribution in [0.3, 0.4) is 0 Å². The van der Waals surface area contributed by atoms with Crippen LogP contribution < -0.4 is 5.73 Å². The number of nitrogens with two attached hydrogens (primary N) is 1. The SMILES string of the molecule is CCc1nc(Br)c2n1C(CCN)CCC2. The van der Waals surface area contributed by atoms with E-state index in [9.17, 15) is 0 Å². The lowest BCUT2D eigenvalue weighted by atomic mass is 10.00. The minimum absolute atomic E-state index is 0.576. The fourth-order valence-electron chi connectivity index (χ4n) is 2.49. The number of nitrogens with zero attached hydrogens (tertiary/aromatic N) is 2. The molecular weight excluding hydrogens is 254 g/mol. The summed E-state index contributed by atoms with van der Waals surface area (Å²) in [6, 6.07) is 0.576. The van der Waals surface area contributed by atoms with Crippen molar-refractivity contribution in [1.29, 1.82) is 0 Å². The van der Waals surface area contributed by atoms with Gasteiger partial charge >= 0.3 is 0 Å². The van der Waals surface area contributed by atoms with E-state index in [1.165, 1.54) is 24.4 Å². The molecule has 1 aromatic heterocycles. The largest absolute Gasteiger partial charge is 0.330 e. The third kappa shape index (κ3) is 1.97. The minimum Gasteiger partial charge on any atom is -0.330 e. The summed E-state index contributed by atoms with van der Waals surface area (Å²) < 4.78 is 3.46. The van der Waals surface area contributed by atoms with Gasteiger partial charge in [-0.15, -0.1) is 0 Å². The Morgan fingerprint density at radius 2 is 2.40 bits per heavy atom. The first-order valence-corrected chi connectivity index (χ1v) is 6.52. The van der Waals surface area contributed by atoms with E-state index >= 15 is 0 Å². The Hall–Kier alpha value is -0.350. The van der Waals surface area contributed by atoms with Crippen molar-refractivity contribution in [2.24, 2.45) is 5.73 Å². The second-order valence-electron chi connectivity index (χ2n) is 4.11. The van der Waals surface area contributed by atoms with E-state index in [2.05, 4.69) is 32.4 Å². The molecule has 2 heterocycles. The fraction of sp³-hybridized carbons (Fsp3) is 0.727. The van der Waals surface area contributed by atoms with Crippen LogP contribution in [0.1, 0.15) is 43.7 Å². The number of halogens is 1. The topological polar surface area (TPSA) is 43.8 Å². The molecule has 0 radical (unpaired) electrons. The van der Waals surface area contributed by atoms with Crippen LogP contribution in [0.4, 0.5) is 0 Å². The highest BCUT2D eigenvalue weighted by Gasteiger charge is 2.24. The smallest absolute Gasteiger partial charge is 0.127 e. The molecule has 4 heteroatoms. The zero-order chi connectivity index (χ0) is 10.8. The molecule has 0 fully saturated rings. The number of aryl methyl sites for hydroxylation is 1. The average Bonchev–Trinajstić information content (AvgIpc) is 2.58. The molecule has 0 amide bonds. The maximum absolute atomic E-state index is 5.67. The van der Waals surface area contributed by atoms with Crippen LogP contribution in [0.25, 0.3) is 0 Å². The van der Waals surface area contributed by atoms with Crippen molar-refractivity contribution in [3.8, 4) is 0 Å². The molecule has 1 atom stereocenters. The van der Waals surface area contributed by atoms with Crippen molar-refractivity contribution in [3.63, 3.8) is 0 Å². The summed E-state index contributed by atoms with van der Waals surface area (Å²) >= 11 is 3.56. The van der Waals surface area contributed by atoms with Crippen molar-refractivity contribution in [2.45, 2.75) is 45.1 Å². The molecule has 15 heavy (non-hydrogen) atoms. The summed E-state index contributed by atoms with van der Waals surface area (Å²) in [5.74, 6) is 1.20. The molecule has 0 spiro atoms. The summed E-state index contributed by atoms with van der Waals surface area (Å²) in [6.07, 6.45) is 5.73. The van der Waals surface area contributed by atoms with Crippen LogP contribution in [0.15, 0.2) is 4.60 Å². The second-order valence-corrected chi connectivity index (χ2v) is 4.86. The molecular formula is C11H18BrN3. The second kappa shape index (κ2) is 4.66. The van der Waals surface area contributed by atoms with Crippen LogP contribution >= 0.6 is 15.9 Å². The van der Waals surface area contributed by atoms with Crippen LogP contribution in [0.5, 0.6) is 0 Å². The van der Waals surface area contributed by atoms with Gasteiger partial charge in [-0.3, -0.25) is 0 Å². The van der Waals surface area contributed by atoms with Gasteiger partial charge in [0.25, 0.3) is 0 Å². The van der Waals surface area contributed by atoms with E-state index in [0.29, 0.717) is 6.04 Å². The summed E-state index contributed by atoms with van der Waals surface area (Å²) in [5.41, 5.74) is 7.04. The van der Waals surface area contributed by atoms with Crippen molar-refractivity contribution < 1.29 is 0 Å². The highest BCUT2D eigenvalue weighted by molar-refractivity contribution is 9.10. The van der Waals surface area contributed by atoms with Gasteiger partial charge in [0.05, 0.1) is 5.69 Å². The van der Waals surface area contributed by atoms with E-state index in [-0.39, 0.29) is 0 Å². The van der Waals surface area contributed by atoms with E-state index in [4.69, 9.17) is 5.73 Å². The molecule has 0 saturated carbocycles. The van der Waals surface area contributed by atoms with Crippen LogP contribution in [-0.4, -0.2) is 16.1 Å². The third-order valence-electron chi connectivity index (χ3n) is 3.17. The molecule has 3 nitrogen and oxygen atoms in total. The van der Waals surface area contributed by atoms with Crippen LogP contribution in [-0.2, 0) is 12.8 Å². The van der Waals surface area contributed by atoms with Gasteiger partial charge in [-0.2, -0.15) is 0 Å². The van der Waals surface area contributed by atoms with E-state index in [1.54, 1.807) is 0 Å². The first-order valence-electron chi connectivity index (χ1n) is 5.73. The molecule has 2 rings (SSSR count). The average molecular weight is 272 g/mol. The highest BCUT2D eigenvalue weighted by atomic mass is 79.9. The molecule has 1 aliphatic rings. The number of hydrogen-bond acceptors (Lipinski definition) is 2. The molecule has 1 unspecified atom stereocenters. The number of fused-ring (bicyclic) bond motifs is 1. The van der Waals surface area contributed by atoms with E-state index in [1.807, 2.05) is 0 Å². The van der Waals surface area contributed by atoms with Gasteiger partial charge in [0, 0.05) is 12.5 Å². The Morgan fingerprint density at radius 1 is 1.60 bits per heavy atom. The zero-order valence-corrected chi connectivity index (χ0v) is 10.8. The maximum atomic E-state index is 5.67. The fourth-order valence-corrected chi connectivity index (χ4v) is 3.09. The lowest BCUT2D eigenvalue weighted by Crippen LogP contribution is -2.22. The van der Waals surface area contributed by atoms with Gasteiger partial charge in [-0.05, 0) is 48.2 Å². The quantitative estimate of drug-likeness (QED) is 0.918. The van der Waals surface area contributed by atoms with Crippen molar-refractivity contribution in [3.05, 3.63) is 16.1 Å².